The van der Waals surface area contributed by atoms with E-state index in [9.17, 15) is 0 Å². The van der Waals surface area contributed by atoms with Crippen molar-refractivity contribution in [1.82, 2.24) is 4.98 Å². The lowest BCUT2D eigenvalue weighted by atomic mass is 9.98. The number of nitrogens with two attached hydrogens (primary N) is 1. The van der Waals surface area contributed by atoms with Gasteiger partial charge in [-0.05, 0) is 62.1 Å². The standard InChI is InChI=1S/C14H21N3.2ClH/c15-10-14(7-8-14)6-5-12-4-3-11-2-1-9-16-13(11)17-12;;/h3-4H,1-2,5-10,15H2,(H,16,17);2*1H. The summed E-state index contributed by atoms with van der Waals surface area (Å²) in [6.45, 7) is 1.91. The summed E-state index contributed by atoms with van der Waals surface area (Å²) in [6, 6.07) is 4.43. The first-order valence-corrected chi connectivity index (χ1v) is 6.74. The fraction of sp³-hybridized carbons (Fsp3) is 0.643. The van der Waals surface area contributed by atoms with Crippen molar-refractivity contribution in [2.45, 2.75) is 38.5 Å². The average molecular weight is 304 g/mol. The van der Waals surface area contributed by atoms with Crippen LogP contribution in [0.5, 0.6) is 0 Å². The molecule has 0 unspecified atom stereocenters. The number of pyridine rings is 1. The minimum atomic E-state index is 0. The number of anilines is 1. The van der Waals surface area contributed by atoms with Crippen LogP contribution >= 0.6 is 24.8 Å². The van der Waals surface area contributed by atoms with Gasteiger partial charge in [0.05, 0.1) is 0 Å². The van der Waals surface area contributed by atoms with E-state index in [1.165, 1.54) is 43.4 Å². The molecule has 3 rings (SSSR count). The maximum Gasteiger partial charge on any atom is 0.129 e. The van der Waals surface area contributed by atoms with Gasteiger partial charge in [-0.15, -0.1) is 24.8 Å². The van der Waals surface area contributed by atoms with Gasteiger partial charge in [0.25, 0.3) is 0 Å². The van der Waals surface area contributed by atoms with Crippen molar-refractivity contribution >= 4 is 30.6 Å². The summed E-state index contributed by atoms with van der Waals surface area (Å²) < 4.78 is 0. The molecule has 1 aromatic rings. The highest BCUT2D eigenvalue weighted by atomic mass is 35.5. The van der Waals surface area contributed by atoms with E-state index < -0.39 is 0 Å². The molecule has 0 amide bonds. The Bertz CT molecular complexity index is 419. The number of hydrogen-bond donors (Lipinski definition) is 2. The van der Waals surface area contributed by atoms with Crippen molar-refractivity contribution in [1.29, 1.82) is 0 Å². The van der Waals surface area contributed by atoms with E-state index in [0.717, 1.165) is 25.3 Å². The zero-order valence-electron chi connectivity index (χ0n) is 11.2. The van der Waals surface area contributed by atoms with E-state index in [4.69, 9.17) is 10.7 Å². The van der Waals surface area contributed by atoms with Gasteiger partial charge in [0.1, 0.15) is 5.82 Å². The Morgan fingerprint density at radius 3 is 2.74 bits per heavy atom. The van der Waals surface area contributed by atoms with Crippen LogP contribution in [-0.2, 0) is 12.8 Å². The highest BCUT2D eigenvalue weighted by molar-refractivity contribution is 5.85. The second kappa shape index (κ2) is 6.78. The summed E-state index contributed by atoms with van der Waals surface area (Å²) in [5.41, 5.74) is 8.87. The number of fused-ring (bicyclic) bond motifs is 1. The number of halogens is 2. The number of nitrogens with one attached hydrogen (secondary N) is 1. The van der Waals surface area contributed by atoms with E-state index in [1.54, 1.807) is 0 Å². The van der Waals surface area contributed by atoms with Crippen LogP contribution in [0.15, 0.2) is 12.1 Å². The molecule has 1 aliphatic carbocycles. The molecule has 0 spiro atoms. The minimum absolute atomic E-state index is 0. The Labute approximate surface area is 127 Å². The fourth-order valence-electron chi connectivity index (χ4n) is 2.63. The lowest BCUT2D eigenvalue weighted by Crippen LogP contribution is -2.17. The molecule has 1 aromatic heterocycles. The summed E-state index contributed by atoms with van der Waals surface area (Å²) >= 11 is 0. The van der Waals surface area contributed by atoms with Gasteiger partial charge in [-0.2, -0.15) is 0 Å². The summed E-state index contributed by atoms with van der Waals surface area (Å²) in [6.07, 6.45) is 7.30. The molecule has 5 heteroatoms. The van der Waals surface area contributed by atoms with Gasteiger partial charge < -0.3 is 11.1 Å². The number of hydrogen-bond acceptors (Lipinski definition) is 3. The first-order valence-electron chi connectivity index (χ1n) is 6.74. The number of aryl methyl sites for hydroxylation is 2. The van der Waals surface area contributed by atoms with E-state index in [0.29, 0.717) is 5.41 Å². The predicted octanol–water partition coefficient (Wildman–Crippen LogP) is 2.95. The molecule has 0 aromatic carbocycles. The van der Waals surface area contributed by atoms with Crippen molar-refractivity contribution in [2.24, 2.45) is 11.1 Å². The van der Waals surface area contributed by atoms with E-state index in [1.807, 2.05) is 0 Å². The molecule has 0 bridgehead atoms. The molecule has 2 aliphatic rings. The molecule has 0 saturated heterocycles. The van der Waals surface area contributed by atoms with Gasteiger partial charge in [-0.1, -0.05) is 6.07 Å². The average Bonchev–Trinajstić information content (AvgIpc) is 3.17. The van der Waals surface area contributed by atoms with E-state index >= 15 is 0 Å². The van der Waals surface area contributed by atoms with E-state index in [2.05, 4.69) is 17.4 Å². The second-order valence-corrected chi connectivity index (χ2v) is 5.54. The molecule has 0 atom stereocenters. The molecule has 108 valence electrons. The van der Waals surface area contributed by atoms with Crippen LogP contribution in [0.25, 0.3) is 0 Å². The van der Waals surface area contributed by atoms with Crippen molar-refractivity contribution in [2.75, 3.05) is 18.4 Å². The number of nitrogens with zero attached hydrogens (tertiary/aromatic N) is 1. The lowest BCUT2D eigenvalue weighted by Gasteiger charge is -2.18. The Morgan fingerprint density at radius 1 is 1.26 bits per heavy atom. The smallest absolute Gasteiger partial charge is 0.129 e. The summed E-state index contributed by atoms with van der Waals surface area (Å²) in [5.74, 6) is 1.12. The molecular formula is C14H23Cl2N3. The Kier molecular flexibility index (Phi) is 5.90. The Hall–Kier alpha value is -0.510. The SMILES string of the molecule is Cl.Cl.NCC1(CCc2ccc3c(n2)NCCC3)CC1. The van der Waals surface area contributed by atoms with Crippen LogP contribution in [-0.4, -0.2) is 18.1 Å². The molecule has 0 radical (unpaired) electrons. The summed E-state index contributed by atoms with van der Waals surface area (Å²) in [7, 11) is 0. The molecule has 2 heterocycles. The van der Waals surface area contributed by atoms with Gasteiger partial charge in [0.15, 0.2) is 0 Å². The minimum Gasteiger partial charge on any atom is -0.370 e. The third-order valence-electron chi connectivity index (χ3n) is 4.25. The number of rotatable bonds is 4. The molecule has 3 N–H and O–H groups in total. The van der Waals surface area contributed by atoms with Gasteiger partial charge in [-0.25, -0.2) is 4.98 Å². The van der Waals surface area contributed by atoms with Crippen LogP contribution in [0, 0.1) is 5.41 Å². The van der Waals surface area contributed by atoms with Crippen molar-refractivity contribution in [3.8, 4) is 0 Å². The highest BCUT2D eigenvalue weighted by Crippen LogP contribution is 2.48. The topological polar surface area (TPSA) is 50.9 Å². The lowest BCUT2D eigenvalue weighted by molar-refractivity contribution is 0.476. The monoisotopic (exact) mass is 303 g/mol. The molecule has 3 nitrogen and oxygen atoms in total. The Balaban J connectivity index is 0.000000902. The molecule has 1 fully saturated rings. The van der Waals surface area contributed by atoms with Crippen LogP contribution in [0.1, 0.15) is 36.9 Å². The third kappa shape index (κ3) is 3.74. The van der Waals surface area contributed by atoms with Crippen LogP contribution in [0.2, 0.25) is 0 Å². The Morgan fingerprint density at radius 2 is 2.05 bits per heavy atom. The zero-order chi connectivity index (χ0) is 11.7. The molecule has 1 saturated carbocycles. The maximum atomic E-state index is 5.81. The fourth-order valence-corrected chi connectivity index (χ4v) is 2.63. The van der Waals surface area contributed by atoms with Crippen molar-refractivity contribution in [3.63, 3.8) is 0 Å². The van der Waals surface area contributed by atoms with E-state index in [-0.39, 0.29) is 24.8 Å². The second-order valence-electron chi connectivity index (χ2n) is 5.54. The number of aromatic nitrogens is 1. The van der Waals surface area contributed by atoms with Crippen molar-refractivity contribution < 1.29 is 0 Å². The third-order valence-corrected chi connectivity index (χ3v) is 4.25. The summed E-state index contributed by atoms with van der Waals surface area (Å²) in [5, 5.41) is 3.39. The van der Waals surface area contributed by atoms with Crippen LogP contribution in [0.3, 0.4) is 0 Å². The molecule has 1 aliphatic heterocycles. The quantitative estimate of drug-likeness (QED) is 0.899. The van der Waals surface area contributed by atoms with Gasteiger partial charge in [0, 0.05) is 12.2 Å². The maximum absolute atomic E-state index is 5.81. The molecule has 19 heavy (non-hydrogen) atoms. The van der Waals surface area contributed by atoms with Gasteiger partial charge in [-0.3, -0.25) is 0 Å². The molecular weight excluding hydrogens is 281 g/mol. The van der Waals surface area contributed by atoms with Crippen LogP contribution in [0.4, 0.5) is 5.82 Å². The van der Waals surface area contributed by atoms with Crippen LogP contribution < -0.4 is 11.1 Å². The highest BCUT2D eigenvalue weighted by Gasteiger charge is 2.40. The zero-order valence-corrected chi connectivity index (χ0v) is 12.8. The largest absolute Gasteiger partial charge is 0.370 e. The normalized spacial score (nSPS) is 18.4. The first kappa shape index (κ1) is 16.5. The first-order chi connectivity index (χ1) is 8.31. The summed E-state index contributed by atoms with van der Waals surface area (Å²) in [4.78, 5) is 4.73. The van der Waals surface area contributed by atoms with Crippen molar-refractivity contribution in [3.05, 3.63) is 23.4 Å². The predicted molar refractivity (Wildman–Crippen MR) is 84.6 cm³/mol. The van der Waals surface area contributed by atoms with Gasteiger partial charge in [0.2, 0.25) is 0 Å². The van der Waals surface area contributed by atoms with Gasteiger partial charge >= 0.3 is 0 Å².